The molecule has 0 aromatic carbocycles. The first-order chi connectivity index (χ1) is 11.8. The number of nitrogens with zero attached hydrogens (tertiary/aromatic N) is 3. The molecule has 0 amide bonds. The number of nitrogens with one attached hydrogen (secondary N) is 1. The van der Waals surface area contributed by atoms with Gasteiger partial charge in [-0.05, 0) is 25.0 Å². The number of aromatic amines is 1. The van der Waals surface area contributed by atoms with Crippen LogP contribution in [-0.4, -0.2) is 32.5 Å². The van der Waals surface area contributed by atoms with E-state index in [2.05, 4.69) is 15.2 Å². The minimum absolute atomic E-state index is 0.101. The van der Waals surface area contributed by atoms with Crippen molar-refractivity contribution in [1.29, 1.82) is 0 Å². The molecule has 24 heavy (non-hydrogen) atoms. The van der Waals surface area contributed by atoms with E-state index in [1.165, 1.54) is 11.8 Å². The molecule has 1 aliphatic heterocycles. The van der Waals surface area contributed by atoms with Gasteiger partial charge in [0.15, 0.2) is 15.9 Å². The lowest BCUT2D eigenvalue weighted by Gasteiger charge is -2.10. The van der Waals surface area contributed by atoms with Crippen LogP contribution in [0.15, 0.2) is 38.1 Å². The Morgan fingerprint density at radius 2 is 2.46 bits per heavy atom. The van der Waals surface area contributed by atoms with Crippen LogP contribution in [0, 0.1) is 0 Å². The van der Waals surface area contributed by atoms with Crippen molar-refractivity contribution in [1.82, 2.24) is 19.7 Å². The predicted molar refractivity (Wildman–Crippen MR) is 91.2 cm³/mol. The predicted octanol–water partition coefficient (Wildman–Crippen LogP) is 2.76. The van der Waals surface area contributed by atoms with Gasteiger partial charge in [0.25, 0.3) is 0 Å². The maximum absolute atomic E-state index is 11.9. The van der Waals surface area contributed by atoms with Crippen LogP contribution in [0.2, 0.25) is 0 Å². The van der Waals surface area contributed by atoms with E-state index in [1.807, 2.05) is 17.5 Å². The average molecular weight is 364 g/mol. The lowest BCUT2D eigenvalue weighted by molar-refractivity contribution is 0.0941. The maximum atomic E-state index is 11.9. The Hall–Kier alpha value is -1.84. The van der Waals surface area contributed by atoms with Crippen molar-refractivity contribution < 1.29 is 9.15 Å². The summed E-state index contributed by atoms with van der Waals surface area (Å²) in [6.45, 7) is 1.32. The summed E-state index contributed by atoms with van der Waals surface area (Å²) >= 11 is 3.04. The van der Waals surface area contributed by atoms with Crippen LogP contribution >= 0.6 is 23.1 Å². The van der Waals surface area contributed by atoms with Crippen molar-refractivity contribution in [2.24, 2.45) is 0 Å². The molecule has 4 rings (SSSR count). The monoisotopic (exact) mass is 364 g/mol. The SMILES string of the molecule is O=c1[nH]nc(SCc2csc(-c3ccco3)n2)n1CC1CCCO1. The third kappa shape index (κ3) is 3.33. The number of thioether (sulfide) groups is 1. The molecule has 0 saturated carbocycles. The number of hydrogen-bond acceptors (Lipinski definition) is 7. The highest BCUT2D eigenvalue weighted by atomic mass is 32.2. The summed E-state index contributed by atoms with van der Waals surface area (Å²) < 4.78 is 12.6. The van der Waals surface area contributed by atoms with Crippen LogP contribution in [0.4, 0.5) is 0 Å². The molecule has 0 aliphatic carbocycles. The zero-order valence-electron chi connectivity index (χ0n) is 12.8. The molecule has 1 N–H and O–H groups in total. The van der Waals surface area contributed by atoms with E-state index in [4.69, 9.17) is 9.15 Å². The van der Waals surface area contributed by atoms with Crippen LogP contribution in [0.25, 0.3) is 10.8 Å². The van der Waals surface area contributed by atoms with E-state index in [1.54, 1.807) is 22.2 Å². The Bertz CT molecular complexity index is 846. The number of rotatable bonds is 6. The Balaban J connectivity index is 1.43. The molecule has 1 atom stereocenters. The highest BCUT2D eigenvalue weighted by Crippen LogP contribution is 2.27. The Labute approximate surface area is 146 Å². The molecule has 1 saturated heterocycles. The molecule has 0 spiro atoms. The summed E-state index contributed by atoms with van der Waals surface area (Å²) in [5, 5.41) is 10.2. The first-order valence-electron chi connectivity index (χ1n) is 7.67. The molecule has 1 unspecified atom stereocenters. The Morgan fingerprint density at radius 1 is 1.50 bits per heavy atom. The van der Waals surface area contributed by atoms with Gasteiger partial charge in [0, 0.05) is 17.7 Å². The summed E-state index contributed by atoms with van der Waals surface area (Å²) in [6.07, 6.45) is 3.78. The first-order valence-corrected chi connectivity index (χ1v) is 9.54. The zero-order valence-corrected chi connectivity index (χ0v) is 14.4. The minimum atomic E-state index is -0.192. The number of ether oxygens (including phenoxy) is 1. The van der Waals surface area contributed by atoms with Gasteiger partial charge < -0.3 is 9.15 Å². The van der Waals surface area contributed by atoms with Crippen LogP contribution in [0.1, 0.15) is 18.5 Å². The van der Waals surface area contributed by atoms with E-state index in [-0.39, 0.29) is 11.8 Å². The molecule has 1 aliphatic rings. The Morgan fingerprint density at radius 3 is 3.25 bits per heavy atom. The van der Waals surface area contributed by atoms with E-state index in [0.717, 1.165) is 35.9 Å². The van der Waals surface area contributed by atoms with Gasteiger partial charge in [0.05, 0.1) is 24.6 Å². The van der Waals surface area contributed by atoms with Crippen LogP contribution in [0.5, 0.6) is 0 Å². The van der Waals surface area contributed by atoms with Crippen LogP contribution < -0.4 is 5.69 Å². The smallest absolute Gasteiger partial charge is 0.344 e. The van der Waals surface area contributed by atoms with Gasteiger partial charge in [-0.3, -0.25) is 4.57 Å². The molecule has 0 radical (unpaired) electrons. The zero-order chi connectivity index (χ0) is 16.4. The molecule has 4 heterocycles. The highest BCUT2D eigenvalue weighted by molar-refractivity contribution is 7.98. The minimum Gasteiger partial charge on any atom is -0.462 e. The molecule has 9 heteroatoms. The fraction of sp³-hybridized carbons (Fsp3) is 0.400. The maximum Gasteiger partial charge on any atom is 0.344 e. The second kappa shape index (κ2) is 6.96. The molecular weight excluding hydrogens is 348 g/mol. The van der Waals surface area contributed by atoms with Crippen molar-refractivity contribution in [2.45, 2.75) is 36.4 Å². The molecule has 7 nitrogen and oxygen atoms in total. The molecule has 3 aromatic heterocycles. The lowest BCUT2D eigenvalue weighted by Crippen LogP contribution is -2.24. The van der Waals surface area contributed by atoms with Crippen molar-refractivity contribution in [3.63, 3.8) is 0 Å². The molecular formula is C15H16N4O3S2. The van der Waals surface area contributed by atoms with Gasteiger partial charge in [0.1, 0.15) is 0 Å². The van der Waals surface area contributed by atoms with E-state index >= 15 is 0 Å². The van der Waals surface area contributed by atoms with Gasteiger partial charge in [-0.15, -0.1) is 16.4 Å². The molecule has 3 aromatic rings. The fourth-order valence-electron chi connectivity index (χ4n) is 2.59. The summed E-state index contributed by atoms with van der Waals surface area (Å²) in [5.41, 5.74) is 0.748. The normalized spacial score (nSPS) is 17.6. The highest BCUT2D eigenvalue weighted by Gasteiger charge is 2.20. The second-order valence-electron chi connectivity index (χ2n) is 5.47. The molecule has 0 bridgehead atoms. The fourth-order valence-corrected chi connectivity index (χ4v) is 4.33. The third-order valence-electron chi connectivity index (χ3n) is 3.77. The third-order valence-corrected chi connectivity index (χ3v) is 5.68. The quantitative estimate of drug-likeness (QED) is 0.677. The average Bonchev–Trinajstić information content (AvgIpc) is 3.36. The number of hydrogen-bond donors (Lipinski definition) is 1. The van der Waals surface area contributed by atoms with Crippen molar-refractivity contribution in [2.75, 3.05) is 6.61 Å². The number of furan rings is 1. The summed E-state index contributed by atoms with van der Waals surface area (Å²) in [6, 6.07) is 3.74. The van der Waals surface area contributed by atoms with Crippen LogP contribution in [0.3, 0.4) is 0 Å². The Kier molecular flexibility index (Phi) is 4.54. The van der Waals surface area contributed by atoms with Gasteiger partial charge >= 0.3 is 5.69 Å². The summed E-state index contributed by atoms with van der Waals surface area (Å²) in [7, 11) is 0. The molecule has 1 fully saturated rings. The largest absolute Gasteiger partial charge is 0.462 e. The van der Waals surface area contributed by atoms with E-state index in [0.29, 0.717) is 17.5 Å². The number of thiazole rings is 1. The van der Waals surface area contributed by atoms with Gasteiger partial charge in [-0.1, -0.05) is 11.8 Å². The van der Waals surface area contributed by atoms with E-state index in [9.17, 15) is 4.79 Å². The van der Waals surface area contributed by atoms with Crippen LogP contribution in [-0.2, 0) is 17.0 Å². The number of H-pyrrole nitrogens is 1. The van der Waals surface area contributed by atoms with Crippen molar-refractivity contribution >= 4 is 23.1 Å². The topological polar surface area (TPSA) is 85.9 Å². The summed E-state index contributed by atoms with van der Waals surface area (Å²) in [4.78, 5) is 16.5. The standard InChI is InChI=1S/C15H16N4O3S2/c20-14-17-18-15(19(14)7-11-3-1-5-21-11)24-9-10-8-23-13(16-10)12-4-2-6-22-12/h2,4,6,8,11H,1,3,5,7,9H2,(H,17,20). The van der Waals surface area contributed by atoms with Crippen molar-refractivity contribution in [3.8, 4) is 10.8 Å². The second-order valence-corrected chi connectivity index (χ2v) is 7.27. The van der Waals surface area contributed by atoms with Crippen molar-refractivity contribution in [3.05, 3.63) is 40.0 Å². The summed E-state index contributed by atoms with van der Waals surface area (Å²) in [5.74, 6) is 1.42. The van der Waals surface area contributed by atoms with Gasteiger partial charge in [0.2, 0.25) is 0 Å². The molecule has 126 valence electrons. The first kappa shape index (κ1) is 15.7. The van der Waals surface area contributed by atoms with Gasteiger partial charge in [-0.2, -0.15) is 0 Å². The lowest BCUT2D eigenvalue weighted by atomic mass is 10.2. The van der Waals surface area contributed by atoms with E-state index < -0.39 is 0 Å². The van der Waals surface area contributed by atoms with Gasteiger partial charge in [-0.25, -0.2) is 14.9 Å². The number of aromatic nitrogens is 4.